The van der Waals surface area contributed by atoms with Crippen molar-refractivity contribution in [3.8, 4) is 17.0 Å². The van der Waals surface area contributed by atoms with Crippen LogP contribution in [0.4, 0.5) is 17.6 Å². The van der Waals surface area contributed by atoms with Crippen molar-refractivity contribution in [3.05, 3.63) is 83.7 Å². The maximum Gasteiger partial charge on any atom is 0.416 e. The van der Waals surface area contributed by atoms with E-state index in [2.05, 4.69) is 10.5 Å². The molecule has 1 heterocycles. The maximum absolute atomic E-state index is 13.3. The van der Waals surface area contributed by atoms with Gasteiger partial charge in [-0.05, 0) is 48.0 Å². The molecule has 0 aliphatic heterocycles. The summed E-state index contributed by atoms with van der Waals surface area (Å²) in [4.78, 5) is 0. The molecule has 172 valence electrons. The Morgan fingerprint density at radius 3 is 2.55 bits per heavy atom. The van der Waals surface area contributed by atoms with Crippen LogP contribution < -0.4 is 10.1 Å². The van der Waals surface area contributed by atoms with Gasteiger partial charge in [0.05, 0.1) is 5.56 Å². The van der Waals surface area contributed by atoms with Crippen LogP contribution in [0.25, 0.3) is 22.2 Å². The number of aliphatic hydroxyl groups is 1. The molecule has 9 heteroatoms. The van der Waals surface area contributed by atoms with Crippen LogP contribution in [0, 0.1) is 5.82 Å². The first-order chi connectivity index (χ1) is 15.8. The molecule has 0 fully saturated rings. The summed E-state index contributed by atoms with van der Waals surface area (Å²) in [5.74, 6) is 0.0885. The fourth-order valence-electron chi connectivity index (χ4n) is 3.40. The third-order valence-corrected chi connectivity index (χ3v) is 5.02. The van der Waals surface area contributed by atoms with Gasteiger partial charge in [0.1, 0.15) is 30.0 Å². The Balaban J connectivity index is 1.29. The van der Waals surface area contributed by atoms with Gasteiger partial charge < -0.3 is 19.7 Å². The van der Waals surface area contributed by atoms with E-state index >= 15 is 0 Å². The van der Waals surface area contributed by atoms with Gasteiger partial charge in [-0.3, -0.25) is 0 Å². The van der Waals surface area contributed by atoms with Crippen molar-refractivity contribution >= 4 is 11.0 Å². The third kappa shape index (κ3) is 5.50. The van der Waals surface area contributed by atoms with Gasteiger partial charge in [0.2, 0.25) is 0 Å². The molecule has 0 aliphatic carbocycles. The minimum absolute atomic E-state index is 0.0308. The summed E-state index contributed by atoms with van der Waals surface area (Å²) >= 11 is 0. The molecular weight excluding hydrogens is 440 g/mol. The number of hydrogen-bond acceptors (Lipinski definition) is 5. The number of rotatable bonds is 8. The molecule has 0 amide bonds. The van der Waals surface area contributed by atoms with Crippen LogP contribution in [0.5, 0.6) is 5.75 Å². The highest BCUT2D eigenvalue weighted by Gasteiger charge is 2.32. The minimum atomic E-state index is -4.43. The van der Waals surface area contributed by atoms with Crippen LogP contribution in [0.3, 0.4) is 0 Å². The van der Waals surface area contributed by atoms with Gasteiger partial charge in [0.15, 0.2) is 5.58 Å². The van der Waals surface area contributed by atoms with Gasteiger partial charge in [-0.2, -0.15) is 13.2 Å². The molecule has 33 heavy (non-hydrogen) atoms. The predicted molar refractivity (Wildman–Crippen MR) is 114 cm³/mol. The summed E-state index contributed by atoms with van der Waals surface area (Å²) < 4.78 is 63.1. The first-order valence-electron chi connectivity index (χ1n) is 10.1. The molecule has 3 aromatic carbocycles. The quantitative estimate of drug-likeness (QED) is 0.355. The van der Waals surface area contributed by atoms with E-state index in [1.165, 1.54) is 30.3 Å². The number of aliphatic hydroxyl groups excluding tert-OH is 1. The van der Waals surface area contributed by atoms with E-state index in [0.717, 1.165) is 11.6 Å². The summed E-state index contributed by atoms with van der Waals surface area (Å²) in [5.41, 5.74) is 1.07. The zero-order chi connectivity index (χ0) is 23.4. The molecule has 4 rings (SSSR count). The molecule has 5 nitrogen and oxygen atoms in total. The summed E-state index contributed by atoms with van der Waals surface area (Å²) in [6.07, 6.45) is -5.35. The molecule has 4 aromatic rings. The van der Waals surface area contributed by atoms with Crippen LogP contribution in [-0.2, 0) is 12.7 Å². The van der Waals surface area contributed by atoms with E-state index in [4.69, 9.17) is 9.26 Å². The van der Waals surface area contributed by atoms with Crippen LogP contribution in [0.1, 0.15) is 11.1 Å². The SMILES string of the molecule is OC(CNCc1ccccc1C(F)(F)F)COc1ccc(-c2noc3cc(F)ccc23)cc1. The average molecular weight is 460 g/mol. The molecule has 0 saturated heterocycles. The largest absolute Gasteiger partial charge is 0.491 e. The molecule has 1 atom stereocenters. The Morgan fingerprint density at radius 2 is 1.79 bits per heavy atom. The summed E-state index contributed by atoms with van der Waals surface area (Å²) in [6, 6.07) is 16.4. The van der Waals surface area contributed by atoms with Crippen LogP contribution >= 0.6 is 0 Å². The third-order valence-electron chi connectivity index (χ3n) is 5.02. The van der Waals surface area contributed by atoms with Crippen molar-refractivity contribution in [2.45, 2.75) is 18.8 Å². The smallest absolute Gasteiger partial charge is 0.416 e. The fraction of sp³-hybridized carbons (Fsp3) is 0.208. The summed E-state index contributed by atoms with van der Waals surface area (Å²) in [7, 11) is 0. The molecule has 1 unspecified atom stereocenters. The highest BCUT2D eigenvalue weighted by Crippen LogP contribution is 2.32. The highest BCUT2D eigenvalue weighted by molar-refractivity contribution is 5.91. The lowest BCUT2D eigenvalue weighted by Gasteiger charge is -2.16. The first-order valence-corrected chi connectivity index (χ1v) is 10.1. The summed E-state index contributed by atoms with van der Waals surface area (Å²) in [5, 5.41) is 17.6. The van der Waals surface area contributed by atoms with Gasteiger partial charge in [-0.1, -0.05) is 23.4 Å². The number of benzene rings is 3. The van der Waals surface area contributed by atoms with E-state index in [0.29, 0.717) is 22.4 Å². The Bertz CT molecular complexity index is 1220. The maximum atomic E-state index is 13.3. The molecular formula is C24H20F4N2O3. The Morgan fingerprint density at radius 1 is 1.03 bits per heavy atom. The molecule has 0 spiro atoms. The number of halogens is 4. The molecule has 1 aromatic heterocycles. The molecule has 0 radical (unpaired) electrons. The Kier molecular flexibility index (Phi) is 6.62. The lowest BCUT2D eigenvalue weighted by atomic mass is 10.1. The number of aromatic nitrogens is 1. The first kappa shape index (κ1) is 22.8. The lowest BCUT2D eigenvalue weighted by Crippen LogP contribution is -2.31. The number of fused-ring (bicyclic) bond motifs is 1. The Hall–Kier alpha value is -3.43. The molecule has 2 N–H and O–H groups in total. The summed E-state index contributed by atoms with van der Waals surface area (Å²) in [6.45, 7) is -0.0117. The van der Waals surface area contributed by atoms with Crippen molar-refractivity contribution in [1.29, 1.82) is 0 Å². The van der Waals surface area contributed by atoms with E-state index in [1.807, 2.05) is 0 Å². The van der Waals surface area contributed by atoms with Crippen molar-refractivity contribution in [2.75, 3.05) is 13.2 Å². The zero-order valence-corrected chi connectivity index (χ0v) is 17.3. The second-order valence-corrected chi connectivity index (χ2v) is 7.45. The van der Waals surface area contributed by atoms with Crippen LogP contribution in [0.2, 0.25) is 0 Å². The predicted octanol–water partition coefficient (Wildman–Crippen LogP) is 5.18. The highest BCUT2D eigenvalue weighted by atomic mass is 19.4. The van der Waals surface area contributed by atoms with E-state index in [1.54, 1.807) is 30.3 Å². The van der Waals surface area contributed by atoms with Gasteiger partial charge in [-0.15, -0.1) is 0 Å². The zero-order valence-electron chi connectivity index (χ0n) is 17.3. The second kappa shape index (κ2) is 9.60. The molecule has 0 saturated carbocycles. The van der Waals surface area contributed by atoms with Crippen LogP contribution in [-0.4, -0.2) is 29.5 Å². The standard InChI is InChI=1S/C24H20F4N2O3/c25-17-7-10-20-22(11-17)33-30-23(20)15-5-8-19(9-6-15)32-14-18(31)13-29-12-16-3-1-2-4-21(16)24(26,27)28/h1-11,18,29,31H,12-14H2. The van der Waals surface area contributed by atoms with Gasteiger partial charge in [0.25, 0.3) is 0 Å². The Labute approximate surface area is 186 Å². The van der Waals surface area contributed by atoms with Crippen molar-refractivity contribution in [1.82, 2.24) is 10.5 Å². The number of alkyl halides is 3. The van der Waals surface area contributed by atoms with Crippen LogP contribution in [0.15, 0.2) is 71.3 Å². The number of ether oxygens (including phenoxy) is 1. The van der Waals surface area contributed by atoms with E-state index < -0.39 is 23.7 Å². The van der Waals surface area contributed by atoms with Gasteiger partial charge in [0, 0.05) is 30.1 Å². The topological polar surface area (TPSA) is 67.5 Å². The van der Waals surface area contributed by atoms with Crippen molar-refractivity contribution in [3.63, 3.8) is 0 Å². The number of nitrogens with one attached hydrogen (secondary N) is 1. The normalized spacial score (nSPS) is 12.8. The van der Waals surface area contributed by atoms with Crippen molar-refractivity contribution in [2.24, 2.45) is 0 Å². The average Bonchev–Trinajstić information content (AvgIpc) is 3.20. The van der Waals surface area contributed by atoms with E-state index in [9.17, 15) is 22.7 Å². The van der Waals surface area contributed by atoms with Gasteiger partial charge >= 0.3 is 6.18 Å². The lowest BCUT2D eigenvalue weighted by molar-refractivity contribution is -0.138. The van der Waals surface area contributed by atoms with Gasteiger partial charge in [-0.25, -0.2) is 4.39 Å². The van der Waals surface area contributed by atoms with E-state index in [-0.39, 0.29) is 25.3 Å². The minimum Gasteiger partial charge on any atom is -0.491 e. The number of hydrogen-bond donors (Lipinski definition) is 2. The second-order valence-electron chi connectivity index (χ2n) is 7.45. The monoisotopic (exact) mass is 460 g/mol. The van der Waals surface area contributed by atoms with Crippen molar-refractivity contribution < 1.29 is 31.9 Å². The number of nitrogens with zero attached hydrogens (tertiary/aromatic N) is 1. The fourth-order valence-corrected chi connectivity index (χ4v) is 3.40. The molecule has 0 aliphatic rings. The molecule has 0 bridgehead atoms.